The van der Waals surface area contributed by atoms with Gasteiger partial charge in [-0.05, 0) is 92.9 Å². The summed E-state index contributed by atoms with van der Waals surface area (Å²) in [5.74, 6) is 0.740. The molecule has 0 bridgehead atoms. The summed E-state index contributed by atoms with van der Waals surface area (Å²) >= 11 is 1.56. The van der Waals surface area contributed by atoms with Crippen molar-refractivity contribution in [2.75, 3.05) is 31.1 Å². The third-order valence-electron chi connectivity index (χ3n) is 10.1. The van der Waals surface area contributed by atoms with Gasteiger partial charge in [0.15, 0.2) is 5.65 Å². The molecule has 1 unspecified atom stereocenters. The predicted octanol–water partition coefficient (Wildman–Crippen LogP) is 5.48. The molecule has 14 heteroatoms. The zero-order valence-electron chi connectivity index (χ0n) is 28.9. The lowest BCUT2D eigenvalue weighted by Gasteiger charge is -2.32. The fraction of sp³-hybridized carbons (Fsp3) is 0.308. The summed E-state index contributed by atoms with van der Waals surface area (Å²) in [6, 6.07) is 21.9. The highest BCUT2D eigenvalue weighted by Crippen LogP contribution is 2.37. The van der Waals surface area contributed by atoms with Crippen LogP contribution in [0.25, 0.3) is 22.3 Å². The van der Waals surface area contributed by atoms with Crippen LogP contribution < -0.4 is 15.8 Å². The molecule has 5 aromatic rings. The number of unbranched alkanes of at least 4 members (excludes halogenated alkanes) is 1. The Labute approximate surface area is 309 Å². The number of fused-ring (bicyclic) bond motifs is 2. The first-order valence-electron chi connectivity index (χ1n) is 17.9. The average Bonchev–Trinajstić information content (AvgIpc) is 3.68. The molecule has 270 valence electrons. The Hall–Kier alpha value is -5.60. The van der Waals surface area contributed by atoms with E-state index in [9.17, 15) is 19.2 Å². The summed E-state index contributed by atoms with van der Waals surface area (Å²) in [4.78, 5) is 63.8. The highest BCUT2D eigenvalue weighted by Gasteiger charge is 2.45. The summed E-state index contributed by atoms with van der Waals surface area (Å²) in [6.07, 6.45) is 5.50. The van der Waals surface area contributed by atoms with E-state index in [1.807, 2.05) is 65.3 Å². The molecule has 13 nitrogen and oxygen atoms in total. The largest absolute Gasteiger partial charge is 0.457 e. The van der Waals surface area contributed by atoms with Gasteiger partial charge in [-0.15, -0.1) is 11.8 Å². The van der Waals surface area contributed by atoms with Gasteiger partial charge in [0.2, 0.25) is 11.8 Å². The van der Waals surface area contributed by atoms with Crippen LogP contribution >= 0.6 is 11.8 Å². The molecule has 0 radical (unpaired) electrons. The number of piperidine rings is 2. The van der Waals surface area contributed by atoms with E-state index in [4.69, 9.17) is 15.6 Å². The number of para-hydroxylation sites is 1. The summed E-state index contributed by atoms with van der Waals surface area (Å²) in [5, 5.41) is 8.06. The number of carbonyl (C=O) groups excluding carboxylic acids is 4. The fourth-order valence-electron chi connectivity index (χ4n) is 7.37. The first-order chi connectivity index (χ1) is 25.9. The normalized spacial score (nSPS) is 18.1. The van der Waals surface area contributed by atoms with E-state index in [1.54, 1.807) is 23.9 Å². The SMILES string of the molecule is Nc1ncnc2c1c(-c1ccc(Oc3ccccc3)cc1)nn2C1CCN(CCCCSc2cccc3c2C(=O)N(C2CCC(=O)NC2=O)C3=O)CC1. The number of nitrogens with one attached hydrogen (secondary N) is 1. The van der Waals surface area contributed by atoms with Gasteiger partial charge in [0.05, 0.1) is 22.6 Å². The van der Waals surface area contributed by atoms with Gasteiger partial charge < -0.3 is 15.4 Å². The van der Waals surface area contributed by atoms with E-state index in [-0.39, 0.29) is 18.9 Å². The number of likely N-dealkylation sites (tertiary alicyclic amines) is 1. The molecule has 8 rings (SSSR count). The van der Waals surface area contributed by atoms with Gasteiger partial charge in [0.1, 0.15) is 35.4 Å². The van der Waals surface area contributed by atoms with Crippen LogP contribution in [0.3, 0.4) is 0 Å². The number of amides is 4. The number of hydrogen-bond acceptors (Lipinski definition) is 11. The summed E-state index contributed by atoms with van der Waals surface area (Å²) in [5.41, 5.74) is 9.46. The second-order valence-electron chi connectivity index (χ2n) is 13.4. The maximum Gasteiger partial charge on any atom is 0.263 e. The van der Waals surface area contributed by atoms with Crippen molar-refractivity contribution >= 4 is 52.2 Å². The van der Waals surface area contributed by atoms with E-state index >= 15 is 0 Å². The highest BCUT2D eigenvalue weighted by atomic mass is 32.2. The third-order valence-corrected chi connectivity index (χ3v) is 11.2. The molecule has 2 saturated heterocycles. The molecule has 1 atom stereocenters. The first kappa shape index (κ1) is 34.5. The fourth-order valence-corrected chi connectivity index (χ4v) is 8.45. The van der Waals surface area contributed by atoms with Crippen LogP contribution in [0.1, 0.15) is 65.3 Å². The van der Waals surface area contributed by atoms with Crippen LogP contribution in [-0.4, -0.2) is 84.6 Å². The van der Waals surface area contributed by atoms with Crippen molar-refractivity contribution in [3.63, 3.8) is 0 Å². The minimum absolute atomic E-state index is 0.0931. The van der Waals surface area contributed by atoms with Crippen molar-refractivity contribution in [3.05, 3.63) is 90.3 Å². The maximum atomic E-state index is 13.4. The Balaban J connectivity index is 0.853. The van der Waals surface area contributed by atoms with Gasteiger partial charge in [-0.1, -0.05) is 24.3 Å². The number of ether oxygens (including phenoxy) is 1. The lowest BCUT2D eigenvalue weighted by molar-refractivity contribution is -0.136. The zero-order chi connectivity index (χ0) is 36.5. The van der Waals surface area contributed by atoms with Crippen LogP contribution in [0.2, 0.25) is 0 Å². The maximum absolute atomic E-state index is 13.4. The monoisotopic (exact) mass is 730 g/mol. The molecule has 3 N–H and O–H groups in total. The predicted molar refractivity (Wildman–Crippen MR) is 199 cm³/mol. The second kappa shape index (κ2) is 14.8. The molecule has 2 aromatic heterocycles. The van der Waals surface area contributed by atoms with E-state index in [0.717, 1.165) is 94.7 Å². The second-order valence-corrected chi connectivity index (χ2v) is 14.6. The Kier molecular flexibility index (Phi) is 9.63. The Morgan fingerprint density at radius 1 is 0.849 bits per heavy atom. The van der Waals surface area contributed by atoms with Gasteiger partial charge in [-0.3, -0.25) is 29.4 Å². The zero-order valence-corrected chi connectivity index (χ0v) is 29.8. The van der Waals surface area contributed by atoms with E-state index in [1.165, 1.54) is 6.33 Å². The molecule has 0 saturated carbocycles. The number of aromatic nitrogens is 4. The molecule has 3 aromatic carbocycles. The van der Waals surface area contributed by atoms with Crippen molar-refractivity contribution in [2.24, 2.45) is 0 Å². The number of imide groups is 2. The number of nitrogens with two attached hydrogens (primary N) is 1. The van der Waals surface area contributed by atoms with Gasteiger partial charge in [-0.25, -0.2) is 14.6 Å². The molecule has 0 spiro atoms. The number of nitrogens with zero attached hydrogens (tertiary/aromatic N) is 6. The average molecular weight is 731 g/mol. The summed E-state index contributed by atoms with van der Waals surface area (Å²) in [7, 11) is 0. The number of benzene rings is 3. The minimum atomic E-state index is -0.971. The molecule has 0 aliphatic carbocycles. The standard InChI is InChI=1S/C39H38N8O5S/c40-35-33-34(24-11-13-27(14-12-24)52-26-7-2-1-3-8-26)44-47(36(33)42-23-41-35)25-17-20-45(21-18-25)19-4-5-22-53-30-10-6-9-28-32(30)39(51)46(38(28)50)29-15-16-31(48)43-37(29)49/h1-3,6-14,23,25,29H,4-5,15-22H2,(H2,40,41,42)(H,43,48,49). The van der Waals surface area contributed by atoms with Gasteiger partial charge >= 0.3 is 0 Å². The molecular formula is C39H38N8O5S. The van der Waals surface area contributed by atoms with Crippen LogP contribution in [0.5, 0.6) is 11.5 Å². The molecule has 4 amide bonds. The Bertz CT molecular complexity index is 2200. The van der Waals surface area contributed by atoms with Crippen LogP contribution in [0, 0.1) is 0 Å². The number of anilines is 1. The molecule has 3 aliphatic rings. The lowest BCUT2D eigenvalue weighted by atomic mass is 10.0. The number of thioether (sulfide) groups is 1. The smallest absolute Gasteiger partial charge is 0.263 e. The summed E-state index contributed by atoms with van der Waals surface area (Å²) in [6.45, 7) is 2.82. The van der Waals surface area contributed by atoms with Gasteiger partial charge in [0, 0.05) is 30.0 Å². The quantitative estimate of drug-likeness (QED) is 0.100. The van der Waals surface area contributed by atoms with E-state index in [0.29, 0.717) is 16.9 Å². The highest BCUT2D eigenvalue weighted by molar-refractivity contribution is 7.99. The minimum Gasteiger partial charge on any atom is -0.457 e. The molecule has 53 heavy (non-hydrogen) atoms. The lowest BCUT2D eigenvalue weighted by Crippen LogP contribution is -2.54. The van der Waals surface area contributed by atoms with Gasteiger partial charge in [0.25, 0.3) is 11.8 Å². The van der Waals surface area contributed by atoms with E-state index in [2.05, 4.69) is 20.2 Å². The molecule has 2 fully saturated rings. The van der Waals surface area contributed by atoms with Crippen LogP contribution in [0.4, 0.5) is 5.82 Å². The van der Waals surface area contributed by atoms with Crippen molar-refractivity contribution < 1.29 is 23.9 Å². The number of nitrogen functional groups attached to an aromatic ring is 1. The number of carbonyl (C=O) groups is 4. The Morgan fingerprint density at radius 3 is 2.40 bits per heavy atom. The van der Waals surface area contributed by atoms with Gasteiger partial charge in [-0.2, -0.15) is 5.10 Å². The Morgan fingerprint density at radius 2 is 1.62 bits per heavy atom. The third kappa shape index (κ3) is 6.87. The number of hydrogen-bond donors (Lipinski definition) is 2. The van der Waals surface area contributed by atoms with Crippen molar-refractivity contribution in [1.29, 1.82) is 0 Å². The summed E-state index contributed by atoms with van der Waals surface area (Å²) < 4.78 is 8.00. The number of rotatable bonds is 11. The van der Waals surface area contributed by atoms with Crippen LogP contribution in [0.15, 0.2) is 84.0 Å². The molecular weight excluding hydrogens is 693 g/mol. The molecule has 3 aliphatic heterocycles. The van der Waals surface area contributed by atoms with Crippen LogP contribution in [-0.2, 0) is 9.59 Å². The van der Waals surface area contributed by atoms with Crippen molar-refractivity contribution in [2.45, 2.75) is 55.5 Å². The first-order valence-corrected chi connectivity index (χ1v) is 18.9. The van der Waals surface area contributed by atoms with Crippen molar-refractivity contribution in [3.8, 4) is 22.8 Å². The van der Waals surface area contributed by atoms with Crippen molar-refractivity contribution in [1.82, 2.24) is 34.9 Å². The topological polar surface area (TPSA) is 166 Å². The molecule has 5 heterocycles. The van der Waals surface area contributed by atoms with E-state index < -0.39 is 29.7 Å².